The van der Waals surface area contributed by atoms with Gasteiger partial charge in [0.05, 0.1) is 23.1 Å². The number of likely N-dealkylation sites (N-methyl/N-ethyl adjacent to an activating group) is 1. The highest BCUT2D eigenvalue weighted by Crippen LogP contribution is 2.36. The molecule has 122 valence electrons. The smallest absolute Gasteiger partial charge is 0.243 e. The maximum atomic E-state index is 13.0. The molecule has 0 amide bonds. The van der Waals surface area contributed by atoms with Crippen molar-refractivity contribution in [3.63, 3.8) is 0 Å². The molecule has 2 aliphatic rings. The van der Waals surface area contributed by atoms with Crippen molar-refractivity contribution in [3.8, 4) is 0 Å². The Morgan fingerprint density at radius 3 is 2.55 bits per heavy atom. The second-order valence-electron chi connectivity index (χ2n) is 6.08. The third-order valence-electron chi connectivity index (χ3n) is 4.71. The zero-order chi connectivity index (χ0) is 15.8. The fraction of sp³-hybridized carbons (Fsp3) is 0.600. The molecule has 1 atom stereocenters. The van der Waals surface area contributed by atoms with Crippen molar-refractivity contribution in [2.45, 2.75) is 35.8 Å². The lowest BCUT2D eigenvalue weighted by atomic mass is 9.88. The Morgan fingerprint density at radius 1 is 1.27 bits per heavy atom. The number of ether oxygens (including phenoxy) is 1. The molecule has 0 saturated carbocycles. The summed E-state index contributed by atoms with van der Waals surface area (Å²) in [7, 11) is -2.05. The average molecular weight is 328 g/mol. The summed E-state index contributed by atoms with van der Waals surface area (Å²) in [5.41, 5.74) is -0.192. The van der Waals surface area contributed by atoms with E-state index in [1.54, 1.807) is 7.05 Å². The van der Waals surface area contributed by atoms with Gasteiger partial charge in [-0.3, -0.25) is 0 Å². The zero-order valence-corrected chi connectivity index (χ0v) is 13.4. The maximum Gasteiger partial charge on any atom is 0.243 e. The summed E-state index contributed by atoms with van der Waals surface area (Å²) in [6.07, 6.45) is 2.54. The number of rotatable bonds is 3. The Bertz CT molecular complexity index is 627. The van der Waals surface area contributed by atoms with Crippen LogP contribution in [0.15, 0.2) is 29.2 Å². The van der Waals surface area contributed by atoms with Crippen molar-refractivity contribution >= 4 is 10.0 Å². The molecule has 22 heavy (non-hydrogen) atoms. The van der Waals surface area contributed by atoms with Crippen LogP contribution in [-0.4, -0.2) is 51.1 Å². The molecule has 1 N–H and O–H groups in total. The van der Waals surface area contributed by atoms with E-state index in [0.29, 0.717) is 13.0 Å². The van der Waals surface area contributed by atoms with E-state index in [4.69, 9.17) is 4.74 Å². The Balaban J connectivity index is 1.76. The van der Waals surface area contributed by atoms with Crippen LogP contribution in [-0.2, 0) is 14.8 Å². The van der Waals surface area contributed by atoms with Gasteiger partial charge in [0.1, 0.15) is 5.82 Å². The topological polar surface area (TPSA) is 58.6 Å². The van der Waals surface area contributed by atoms with Gasteiger partial charge in [0.15, 0.2) is 0 Å². The van der Waals surface area contributed by atoms with Crippen molar-refractivity contribution < 1.29 is 17.5 Å². The first-order valence-corrected chi connectivity index (χ1v) is 8.95. The number of hydrogen-bond acceptors (Lipinski definition) is 4. The van der Waals surface area contributed by atoms with Crippen molar-refractivity contribution in [3.05, 3.63) is 30.1 Å². The first-order valence-electron chi connectivity index (χ1n) is 7.51. The number of piperidine rings is 1. The van der Waals surface area contributed by atoms with Gasteiger partial charge in [-0.2, -0.15) is 4.31 Å². The van der Waals surface area contributed by atoms with Crippen LogP contribution in [0.5, 0.6) is 0 Å². The number of halogens is 1. The highest BCUT2D eigenvalue weighted by atomic mass is 32.2. The molecule has 1 aromatic carbocycles. The largest absolute Gasteiger partial charge is 0.373 e. The fourth-order valence-electron chi connectivity index (χ4n) is 3.25. The van der Waals surface area contributed by atoms with E-state index >= 15 is 0 Å². The fourth-order valence-corrected chi connectivity index (χ4v) is 4.59. The van der Waals surface area contributed by atoms with Crippen LogP contribution in [0.4, 0.5) is 4.39 Å². The quantitative estimate of drug-likeness (QED) is 0.910. The molecule has 0 radical (unpaired) electrons. The van der Waals surface area contributed by atoms with E-state index in [-0.39, 0.29) is 16.5 Å². The Labute approximate surface area is 130 Å². The van der Waals surface area contributed by atoms with Gasteiger partial charge in [-0.1, -0.05) is 0 Å². The average Bonchev–Trinajstić information content (AvgIpc) is 2.91. The zero-order valence-electron chi connectivity index (χ0n) is 12.6. The number of sulfonamides is 1. The molecule has 5 nitrogen and oxygen atoms in total. The van der Waals surface area contributed by atoms with Crippen molar-refractivity contribution in [1.82, 2.24) is 9.62 Å². The van der Waals surface area contributed by atoms with Gasteiger partial charge in [-0.05, 0) is 56.6 Å². The van der Waals surface area contributed by atoms with Crippen LogP contribution in [0, 0.1) is 5.82 Å². The molecule has 2 saturated heterocycles. The summed E-state index contributed by atoms with van der Waals surface area (Å²) in [5.74, 6) is -0.445. The summed E-state index contributed by atoms with van der Waals surface area (Å²) >= 11 is 0. The molecule has 2 aliphatic heterocycles. The molecular formula is C15H21FN2O3S. The lowest BCUT2D eigenvalue weighted by Gasteiger charge is -2.33. The number of benzene rings is 1. The summed E-state index contributed by atoms with van der Waals surface area (Å²) in [4.78, 5) is 0.114. The van der Waals surface area contributed by atoms with Crippen LogP contribution in [0.25, 0.3) is 0 Å². The first-order chi connectivity index (χ1) is 10.4. The highest BCUT2D eigenvalue weighted by Gasteiger charge is 2.44. The lowest BCUT2D eigenvalue weighted by molar-refractivity contribution is -0.0197. The van der Waals surface area contributed by atoms with Crippen LogP contribution >= 0.6 is 0 Å². The van der Waals surface area contributed by atoms with Crippen LogP contribution in [0.2, 0.25) is 0 Å². The van der Waals surface area contributed by atoms with Crippen LogP contribution < -0.4 is 5.32 Å². The molecule has 3 rings (SSSR count). The van der Waals surface area contributed by atoms with Gasteiger partial charge in [0.25, 0.3) is 0 Å². The predicted molar refractivity (Wildman–Crippen MR) is 80.5 cm³/mol. The minimum absolute atomic E-state index is 0.114. The second kappa shape index (κ2) is 5.88. The predicted octanol–water partition coefficient (Wildman–Crippen LogP) is 1.36. The SMILES string of the molecule is CN(C1COC2(CCNCC2)C1)S(=O)(=O)c1ccc(F)cc1. The van der Waals surface area contributed by atoms with E-state index in [1.165, 1.54) is 28.6 Å². The van der Waals surface area contributed by atoms with Crippen molar-refractivity contribution in [1.29, 1.82) is 0 Å². The molecule has 0 aromatic heterocycles. The molecule has 0 bridgehead atoms. The minimum atomic E-state index is -3.62. The maximum absolute atomic E-state index is 13.0. The van der Waals surface area contributed by atoms with Gasteiger partial charge in [-0.25, -0.2) is 12.8 Å². The summed E-state index contributed by atoms with van der Waals surface area (Å²) in [6.45, 7) is 2.22. The van der Waals surface area contributed by atoms with Gasteiger partial charge < -0.3 is 10.1 Å². The molecule has 2 fully saturated rings. The molecule has 1 aromatic rings. The summed E-state index contributed by atoms with van der Waals surface area (Å²) in [5, 5.41) is 3.29. The van der Waals surface area contributed by atoms with E-state index < -0.39 is 15.8 Å². The first kappa shape index (κ1) is 15.9. The molecule has 2 heterocycles. The Hall–Kier alpha value is -1.02. The van der Waals surface area contributed by atoms with Gasteiger partial charge in [-0.15, -0.1) is 0 Å². The van der Waals surface area contributed by atoms with Crippen LogP contribution in [0.3, 0.4) is 0 Å². The molecular weight excluding hydrogens is 307 g/mol. The van der Waals surface area contributed by atoms with E-state index in [0.717, 1.165) is 25.9 Å². The normalized spacial score (nSPS) is 25.0. The highest BCUT2D eigenvalue weighted by molar-refractivity contribution is 7.89. The lowest BCUT2D eigenvalue weighted by Crippen LogP contribution is -2.43. The minimum Gasteiger partial charge on any atom is -0.373 e. The number of nitrogens with zero attached hydrogens (tertiary/aromatic N) is 1. The molecule has 1 unspecified atom stereocenters. The Morgan fingerprint density at radius 2 is 1.91 bits per heavy atom. The van der Waals surface area contributed by atoms with Gasteiger partial charge in [0, 0.05) is 7.05 Å². The van der Waals surface area contributed by atoms with Gasteiger partial charge >= 0.3 is 0 Å². The third kappa shape index (κ3) is 2.90. The molecule has 1 spiro atoms. The monoisotopic (exact) mass is 328 g/mol. The number of nitrogens with one attached hydrogen (secondary N) is 1. The third-order valence-corrected chi connectivity index (χ3v) is 6.63. The second-order valence-corrected chi connectivity index (χ2v) is 8.07. The van der Waals surface area contributed by atoms with Gasteiger partial charge in [0.2, 0.25) is 10.0 Å². The van der Waals surface area contributed by atoms with E-state index in [2.05, 4.69) is 5.32 Å². The molecule has 7 heteroatoms. The van der Waals surface area contributed by atoms with E-state index in [9.17, 15) is 12.8 Å². The van der Waals surface area contributed by atoms with Crippen molar-refractivity contribution in [2.75, 3.05) is 26.7 Å². The molecule has 0 aliphatic carbocycles. The standard InChI is InChI=1S/C15H21FN2O3S/c1-18(22(19,20)14-4-2-12(16)3-5-14)13-10-15(21-11-13)6-8-17-9-7-15/h2-5,13,17H,6-11H2,1H3. The van der Waals surface area contributed by atoms with Crippen molar-refractivity contribution in [2.24, 2.45) is 0 Å². The Kier molecular flexibility index (Phi) is 4.24. The van der Waals surface area contributed by atoms with E-state index in [1.807, 2.05) is 0 Å². The summed E-state index contributed by atoms with van der Waals surface area (Å²) < 4.78 is 45.6. The summed E-state index contributed by atoms with van der Waals surface area (Å²) in [6, 6.07) is 4.77. The van der Waals surface area contributed by atoms with Crippen LogP contribution in [0.1, 0.15) is 19.3 Å². The number of hydrogen-bond donors (Lipinski definition) is 1.